The van der Waals surface area contributed by atoms with Gasteiger partial charge in [-0.2, -0.15) is 0 Å². The van der Waals surface area contributed by atoms with E-state index in [0.29, 0.717) is 5.56 Å². The zero-order chi connectivity index (χ0) is 11.9. The van der Waals surface area contributed by atoms with Crippen LogP contribution in [0.1, 0.15) is 15.9 Å². The SMILES string of the molecule is O=C1N[C@H](C(=O)O)Cc2cc(O)c(O)cc21. The predicted octanol–water partition coefficient (Wildman–Crippen LogP) is -0.163. The number of phenolic OH excluding ortho intramolecular Hbond substituents is 2. The van der Waals surface area contributed by atoms with Crippen molar-refractivity contribution in [2.75, 3.05) is 0 Å². The van der Waals surface area contributed by atoms with Gasteiger partial charge in [0.05, 0.1) is 0 Å². The summed E-state index contributed by atoms with van der Waals surface area (Å²) in [6.45, 7) is 0. The smallest absolute Gasteiger partial charge is 0.326 e. The highest BCUT2D eigenvalue weighted by molar-refractivity contribution is 6.00. The van der Waals surface area contributed by atoms with Crippen LogP contribution in [0.25, 0.3) is 0 Å². The molecular formula is C10H9NO5. The van der Waals surface area contributed by atoms with E-state index in [1.54, 1.807) is 0 Å². The van der Waals surface area contributed by atoms with Gasteiger partial charge in [0, 0.05) is 12.0 Å². The number of carbonyl (C=O) groups is 2. The van der Waals surface area contributed by atoms with Crippen LogP contribution in [0.4, 0.5) is 0 Å². The second-order valence-corrected chi connectivity index (χ2v) is 3.57. The lowest BCUT2D eigenvalue weighted by Crippen LogP contribution is -2.46. The Hall–Kier alpha value is -2.24. The van der Waals surface area contributed by atoms with E-state index in [4.69, 9.17) is 5.11 Å². The number of carboxylic acids is 1. The van der Waals surface area contributed by atoms with Crippen LogP contribution in [-0.2, 0) is 11.2 Å². The van der Waals surface area contributed by atoms with Gasteiger partial charge >= 0.3 is 5.97 Å². The number of nitrogens with one attached hydrogen (secondary N) is 1. The Labute approximate surface area is 90.1 Å². The topological polar surface area (TPSA) is 107 Å². The lowest BCUT2D eigenvalue weighted by atomic mass is 9.94. The first kappa shape index (κ1) is 10.3. The Morgan fingerprint density at radius 1 is 1.31 bits per heavy atom. The molecule has 16 heavy (non-hydrogen) atoms. The molecule has 0 saturated carbocycles. The van der Waals surface area contributed by atoms with Crippen LogP contribution in [0.3, 0.4) is 0 Å². The third-order valence-corrected chi connectivity index (χ3v) is 2.47. The highest BCUT2D eigenvalue weighted by Crippen LogP contribution is 2.30. The quantitative estimate of drug-likeness (QED) is 0.495. The van der Waals surface area contributed by atoms with Crippen LogP contribution >= 0.6 is 0 Å². The zero-order valence-corrected chi connectivity index (χ0v) is 8.10. The minimum absolute atomic E-state index is 0.0875. The van der Waals surface area contributed by atoms with Gasteiger partial charge in [0.15, 0.2) is 11.5 Å². The third-order valence-electron chi connectivity index (χ3n) is 2.47. The van der Waals surface area contributed by atoms with Gasteiger partial charge < -0.3 is 20.6 Å². The molecule has 2 rings (SSSR count). The second-order valence-electron chi connectivity index (χ2n) is 3.57. The standard InChI is InChI=1S/C10H9NO5/c12-7-2-4-1-6(10(15)16)11-9(14)5(4)3-8(7)13/h2-3,6,12-13H,1H2,(H,11,14)(H,15,16)/t6-/m0/s1. The fraction of sp³-hybridized carbons (Fsp3) is 0.200. The highest BCUT2D eigenvalue weighted by atomic mass is 16.4. The molecule has 1 aromatic carbocycles. The van der Waals surface area contributed by atoms with Crippen LogP contribution in [0.15, 0.2) is 12.1 Å². The summed E-state index contributed by atoms with van der Waals surface area (Å²) in [5, 5.41) is 29.5. The molecule has 1 aliphatic heterocycles. The molecule has 0 aromatic heterocycles. The number of amides is 1. The Bertz CT molecular complexity index is 482. The lowest BCUT2D eigenvalue weighted by Gasteiger charge is -2.22. The molecule has 0 bridgehead atoms. The van der Waals surface area contributed by atoms with Crippen molar-refractivity contribution in [3.63, 3.8) is 0 Å². The van der Waals surface area contributed by atoms with Crippen molar-refractivity contribution in [1.82, 2.24) is 5.32 Å². The minimum Gasteiger partial charge on any atom is -0.504 e. The summed E-state index contributed by atoms with van der Waals surface area (Å²) in [5.41, 5.74) is 0.597. The summed E-state index contributed by atoms with van der Waals surface area (Å²) in [5.74, 6) is -2.46. The molecule has 6 heteroatoms. The number of hydrogen-bond donors (Lipinski definition) is 4. The molecule has 1 aliphatic rings. The molecule has 0 spiro atoms. The maximum atomic E-state index is 11.5. The lowest BCUT2D eigenvalue weighted by molar-refractivity contribution is -0.139. The predicted molar refractivity (Wildman–Crippen MR) is 52.4 cm³/mol. The summed E-state index contributed by atoms with van der Waals surface area (Å²) in [6.07, 6.45) is 0.0875. The monoisotopic (exact) mass is 223 g/mol. The maximum absolute atomic E-state index is 11.5. The van der Waals surface area contributed by atoms with Gasteiger partial charge in [0.1, 0.15) is 6.04 Å². The van der Waals surface area contributed by atoms with E-state index in [1.807, 2.05) is 0 Å². The third kappa shape index (κ3) is 1.54. The van der Waals surface area contributed by atoms with Crippen molar-refractivity contribution < 1.29 is 24.9 Å². The van der Waals surface area contributed by atoms with Gasteiger partial charge in [-0.3, -0.25) is 4.79 Å². The molecular weight excluding hydrogens is 214 g/mol. The number of fused-ring (bicyclic) bond motifs is 1. The number of aliphatic carboxylic acids is 1. The first-order chi connectivity index (χ1) is 7.49. The Morgan fingerprint density at radius 3 is 2.56 bits per heavy atom. The molecule has 4 N–H and O–H groups in total. The summed E-state index contributed by atoms with van der Waals surface area (Å²) < 4.78 is 0. The average molecular weight is 223 g/mol. The first-order valence-electron chi connectivity index (χ1n) is 4.57. The number of aromatic hydroxyl groups is 2. The van der Waals surface area contributed by atoms with E-state index in [2.05, 4.69) is 5.32 Å². The van der Waals surface area contributed by atoms with Crippen molar-refractivity contribution in [1.29, 1.82) is 0 Å². The maximum Gasteiger partial charge on any atom is 0.326 e. The molecule has 1 atom stereocenters. The van der Waals surface area contributed by atoms with Gasteiger partial charge in [-0.1, -0.05) is 0 Å². The molecule has 0 unspecified atom stereocenters. The van der Waals surface area contributed by atoms with E-state index < -0.39 is 23.7 Å². The number of phenols is 2. The number of rotatable bonds is 1. The van der Waals surface area contributed by atoms with Gasteiger partial charge in [0.25, 0.3) is 5.91 Å². The molecule has 1 aromatic rings. The number of hydrogen-bond acceptors (Lipinski definition) is 4. The highest BCUT2D eigenvalue weighted by Gasteiger charge is 2.29. The fourth-order valence-corrected chi connectivity index (χ4v) is 1.66. The van der Waals surface area contributed by atoms with Crippen molar-refractivity contribution in [3.05, 3.63) is 23.3 Å². The number of benzene rings is 1. The van der Waals surface area contributed by atoms with Crippen LogP contribution in [-0.4, -0.2) is 33.2 Å². The van der Waals surface area contributed by atoms with Crippen molar-refractivity contribution in [3.8, 4) is 11.5 Å². The summed E-state index contributed by atoms with van der Waals surface area (Å²) in [7, 11) is 0. The minimum atomic E-state index is -1.13. The Morgan fingerprint density at radius 2 is 1.94 bits per heavy atom. The van der Waals surface area contributed by atoms with E-state index >= 15 is 0 Å². The van der Waals surface area contributed by atoms with E-state index in [1.165, 1.54) is 6.07 Å². The molecule has 1 amide bonds. The molecule has 0 fully saturated rings. The first-order valence-corrected chi connectivity index (χ1v) is 4.57. The van der Waals surface area contributed by atoms with Crippen LogP contribution in [0, 0.1) is 0 Å². The van der Waals surface area contributed by atoms with Gasteiger partial charge in [0.2, 0.25) is 0 Å². The summed E-state index contributed by atoms with van der Waals surface area (Å²) in [4.78, 5) is 22.2. The molecule has 0 saturated heterocycles. The van der Waals surface area contributed by atoms with E-state index in [-0.39, 0.29) is 17.7 Å². The fourth-order valence-electron chi connectivity index (χ4n) is 1.66. The summed E-state index contributed by atoms with van der Waals surface area (Å²) >= 11 is 0. The number of carboxylic acid groups (broad SMARTS) is 1. The molecule has 84 valence electrons. The Kier molecular flexibility index (Phi) is 2.19. The number of carbonyl (C=O) groups excluding carboxylic acids is 1. The molecule has 1 heterocycles. The Balaban J connectivity index is 2.46. The molecule has 6 nitrogen and oxygen atoms in total. The largest absolute Gasteiger partial charge is 0.504 e. The molecule has 0 radical (unpaired) electrons. The van der Waals surface area contributed by atoms with Gasteiger partial charge in [-0.05, 0) is 17.7 Å². The average Bonchev–Trinajstić information content (AvgIpc) is 2.20. The van der Waals surface area contributed by atoms with Crippen molar-refractivity contribution in [2.24, 2.45) is 0 Å². The van der Waals surface area contributed by atoms with Crippen LogP contribution in [0.5, 0.6) is 11.5 Å². The normalized spacial score (nSPS) is 18.8. The van der Waals surface area contributed by atoms with Crippen molar-refractivity contribution >= 4 is 11.9 Å². The van der Waals surface area contributed by atoms with E-state index in [0.717, 1.165) is 6.07 Å². The van der Waals surface area contributed by atoms with Gasteiger partial charge in [-0.15, -0.1) is 0 Å². The van der Waals surface area contributed by atoms with Crippen LogP contribution < -0.4 is 5.32 Å². The van der Waals surface area contributed by atoms with Gasteiger partial charge in [-0.25, -0.2) is 4.79 Å². The summed E-state index contributed by atoms with van der Waals surface area (Å²) in [6, 6.07) is 1.33. The second kappa shape index (κ2) is 3.41. The van der Waals surface area contributed by atoms with Crippen molar-refractivity contribution in [2.45, 2.75) is 12.5 Å². The van der Waals surface area contributed by atoms with E-state index in [9.17, 15) is 19.8 Å². The zero-order valence-electron chi connectivity index (χ0n) is 8.10. The van der Waals surface area contributed by atoms with Crippen LogP contribution in [0.2, 0.25) is 0 Å². The molecule has 0 aliphatic carbocycles.